The van der Waals surface area contributed by atoms with Gasteiger partial charge in [0.25, 0.3) is 0 Å². The van der Waals surface area contributed by atoms with E-state index in [1.807, 2.05) is 6.07 Å². The van der Waals surface area contributed by atoms with Crippen LogP contribution in [-0.4, -0.2) is 11.7 Å². The number of anilines is 1. The van der Waals surface area contributed by atoms with Crippen LogP contribution in [-0.2, 0) is 0 Å². The third-order valence-electron chi connectivity index (χ3n) is 2.74. The average molecular weight is 319 g/mol. The molecule has 5 heteroatoms. The highest BCUT2D eigenvalue weighted by atomic mass is 35.5. The fourth-order valence-electron chi connectivity index (χ4n) is 1.68. The number of hydrogen-bond acceptors (Lipinski definition) is 1. The molecule has 1 aromatic carbocycles. The van der Waals surface area contributed by atoms with Crippen LogP contribution in [0.2, 0.25) is 10.0 Å². The van der Waals surface area contributed by atoms with Gasteiger partial charge < -0.3 is 10.6 Å². The number of halogens is 2. The van der Waals surface area contributed by atoms with Crippen molar-refractivity contribution in [3.05, 3.63) is 28.2 Å². The van der Waals surface area contributed by atoms with E-state index in [4.69, 9.17) is 35.4 Å². The molecule has 0 aliphatic heterocycles. The zero-order valence-corrected chi connectivity index (χ0v) is 13.5. The Morgan fingerprint density at radius 2 is 1.84 bits per heavy atom. The van der Waals surface area contributed by atoms with Crippen molar-refractivity contribution in [2.75, 3.05) is 11.9 Å². The Hall–Kier alpha value is -0.510. The van der Waals surface area contributed by atoms with E-state index in [0.717, 1.165) is 18.7 Å². The standard InChI is InChI=1S/C14H20Cl2N2S/c1-2-3-4-5-6-9-17-14(19)18-11-7-8-12(15)13(16)10-11/h7-8,10H,2-6,9H2,1H3,(H2,17,18,19). The average Bonchev–Trinajstić information content (AvgIpc) is 2.38. The first-order chi connectivity index (χ1) is 9.13. The van der Waals surface area contributed by atoms with Gasteiger partial charge in [0.1, 0.15) is 0 Å². The largest absolute Gasteiger partial charge is 0.362 e. The smallest absolute Gasteiger partial charge is 0.170 e. The lowest BCUT2D eigenvalue weighted by Gasteiger charge is -2.11. The van der Waals surface area contributed by atoms with Crippen molar-refractivity contribution in [3.8, 4) is 0 Å². The Bertz CT molecular complexity index is 410. The van der Waals surface area contributed by atoms with Gasteiger partial charge in [-0.25, -0.2) is 0 Å². The first kappa shape index (κ1) is 16.5. The van der Waals surface area contributed by atoms with Gasteiger partial charge in [0, 0.05) is 12.2 Å². The number of rotatable bonds is 7. The molecular weight excluding hydrogens is 299 g/mol. The van der Waals surface area contributed by atoms with E-state index in [-0.39, 0.29) is 0 Å². The van der Waals surface area contributed by atoms with Crippen LogP contribution >= 0.6 is 35.4 Å². The molecule has 0 fully saturated rings. The van der Waals surface area contributed by atoms with Gasteiger partial charge >= 0.3 is 0 Å². The summed E-state index contributed by atoms with van der Waals surface area (Å²) >= 11 is 17.0. The van der Waals surface area contributed by atoms with Crippen LogP contribution in [0.25, 0.3) is 0 Å². The summed E-state index contributed by atoms with van der Waals surface area (Å²) < 4.78 is 0. The van der Waals surface area contributed by atoms with Crippen LogP contribution in [0, 0.1) is 0 Å². The molecule has 0 aromatic heterocycles. The first-order valence-corrected chi connectivity index (χ1v) is 7.79. The number of thiocarbonyl (C=S) groups is 1. The van der Waals surface area contributed by atoms with Crippen molar-refractivity contribution >= 4 is 46.2 Å². The zero-order chi connectivity index (χ0) is 14.1. The molecular formula is C14H20Cl2N2S. The fourth-order valence-corrected chi connectivity index (χ4v) is 2.20. The quantitative estimate of drug-likeness (QED) is 0.530. The minimum absolute atomic E-state index is 0.522. The van der Waals surface area contributed by atoms with Gasteiger partial charge in [0.05, 0.1) is 10.0 Å². The maximum atomic E-state index is 5.94. The minimum atomic E-state index is 0.522. The predicted octanol–water partition coefficient (Wildman–Crippen LogP) is 5.25. The summed E-state index contributed by atoms with van der Waals surface area (Å²) in [7, 11) is 0. The zero-order valence-electron chi connectivity index (χ0n) is 11.1. The summed E-state index contributed by atoms with van der Waals surface area (Å²) in [5.74, 6) is 0. The third kappa shape index (κ3) is 7.00. The SMILES string of the molecule is CCCCCCCNC(=S)Nc1ccc(Cl)c(Cl)c1. The Kier molecular flexibility index (Phi) is 8.19. The molecule has 2 nitrogen and oxygen atoms in total. The molecule has 1 rings (SSSR count). The molecule has 0 heterocycles. The highest BCUT2D eigenvalue weighted by Gasteiger charge is 2.01. The van der Waals surface area contributed by atoms with Crippen molar-refractivity contribution in [3.63, 3.8) is 0 Å². The molecule has 0 amide bonds. The third-order valence-corrected chi connectivity index (χ3v) is 3.73. The van der Waals surface area contributed by atoms with Gasteiger partial charge in [-0.2, -0.15) is 0 Å². The molecule has 0 saturated carbocycles. The monoisotopic (exact) mass is 318 g/mol. The number of unbranched alkanes of at least 4 members (excludes halogenated alkanes) is 4. The molecule has 0 aliphatic carbocycles. The van der Waals surface area contributed by atoms with Crippen molar-refractivity contribution in [2.45, 2.75) is 39.0 Å². The summed E-state index contributed by atoms with van der Waals surface area (Å²) in [6.07, 6.45) is 6.27. The minimum Gasteiger partial charge on any atom is -0.362 e. The molecule has 0 atom stereocenters. The highest BCUT2D eigenvalue weighted by Crippen LogP contribution is 2.24. The Morgan fingerprint density at radius 3 is 2.53 bits per heavy atom. The Labute approximate surface area is 130 Å². The first-order valence-electron chi connectivity index (χ1n) is 6.63. The van der Waals surface area contributed by atoms with Crippen LogP contribution in [0.5, 0.6) is 0 Å². The van der Waals surface area contributed by atoms with E-state index in [1.54, 1.807) is 12.1 Å². The summed E-state index contributed by atoms with van der Waals surface area (Å²) in [6.45, 7) is 3.12. The van der Waals surface area contributed by atoms with Gasteiger partial charge in [-0.05, 0) is 36.8 Å². The summed E-state index contributed by atoms with van der Waals surface area (Å²) in [6, 6.07) is 5.36. The summed E-state index contributed by atoms with van der Waals surface area (Å²) in [5, 5.41) is 7.96. The van der Waals surface area contributed by atoms with E-state index in [1.165, 1.54) is 25.7 Å². The lowest BCUT2D eigenvalue weighted by atomic mass is 10.1. The van der Waals surface area contributed by atoms with Crippen molar-refractivity contribution in [1.29, 1.82) is 0 Å². The number of hydrogen-bond donors (Lipinski definition) is 2. The molecule has 0 aliphatic rings. The van der Waals surface area contributed by atoms with Crippen molar-refractivity contribution in [2.24, 2.45) is 0 Å². The maximum absolute atomic E-state index is 5.94. The van der Waals surface area contributed by atoms with Crippen LogP contribution in [0.1, 0.15) is 39.0 Å². The molecule has 106 valence electrons. The second-order valence-electron chi connectivity index (χ2n) is 4.42. The molecule has 0 spiro atoms. The van der Waals surface area contributed by atoms with E-state index in [0.29, 0.717) is 15.2 Å². The van der Waals surface area contributed by atoms with Gasteiger partial charge in [-0.3, -0.25) is 0 Å². The Balaban J connectivity index is 2.21. The lowest BCUT2D eigenvalue weighted by molar-refractivity contribution is 0.625. The predicted molar refractivity (Wildman–Crippen MR) is 89.4 cm³/mol. The number of benzene rings is 1. The van der Waals surface area contributed by atoms with Crippen molar-refractivity contribution in [1.82, 2.24) is 5.32 Å². The maximum Gasteiger partial charge on any atom is 0.170 e. The van der Waals surface area contributed by atoms with Gasteiger partial charge in [0.15, 0.2) is 5.11 Å². The van der Waals surface area contributed by atoms with Crippen LogP contribution in [0.3, 0.4) is 0 Å². The van der Waals surface area contributed by atoms with Crippen molar-refractivity contribution < 1.29 is 0 Å². The highest BCUT2D eigenvalue weighted by molar-refractivity contribution is 7.80. The molecule has 0 radical (unpaired) electrons. The molecule has 0 saturated heterocycles. The van der Waals surface area contributed by atoms with E-state index in [9.17, 15) is 0 Å². The van der Waals surface area contributed by atoms with Crippen LogP contribution in [0.15, 0.2) is 18.2 Å². The fraction of sp³-hybridized carbons (Fsp3) is 0.500. The normalized spacial score (nSPS) is 10.3. The Morgan fingerprint density at radius 1 is 1.11 bits per heavy atom. The number of nitrogens with one attached hydrogen (secondary N) is 2. The molecule has 2 N–H and O–H groups in total. The summed E-state index contributed by atoms with van der Waals surface area (Å²) in [4.78, 5) is 0. The van der Waals surface area contributed by atoms with Gasteiger partial charge in [0.2, 0.25) is 0 Å². The van der Waals surface area contributed by atoms with Gasteiger partial charge in [-0.1, -0.05) is 55.8 Å². The summed E-state index contributed by atoms with van der Waals surface area (Å²) in [5.41, 5.74) is 0.845. The molecule has 1 aromatic rings. The van der Waals surface area contributed by atoms with Crippen LogP contribution < -0.4 is 10.6 Å². The molecule has 0 unspecified atom stereocenters. The second kappa shape index (κ2) is 9.40. The van der Waals surface area contributed by atoms with E-state index >= 15 is 0 Å². The van der Waals surface area contributed by atoms with E-state index < -0.39 is 0 Å². The van der Waals surface area contributed by atoms with Gasteiger partial charge in [-0.15, -0.1) is 0 Å². The second-order valence-corrected chi connectivity index (χ2v) is 5.65. The topological polar surface area (TPSA) is 24.1 Å². The lowest BCUT2D eigenvalue weighted by Crippen LogP contribution is -2.29. The molecule has 0 bridgehead atoms. The molecule has 19 heavy (non-hydrogen) atoms. The van der Waals surface area contributed by atoms with Crippen LogP contribution in [0.4, 0.5) is 5.69 Å². The van der Waals surface area contributed by atoms with E-state index in [2.05, 4.69) is 17.6 Å².